The van der Waals surface area contributed by atoms with Crippen LogP contribution in [0.5, 0.6) is 0 Å². The zero-order valence-corrected chi connectivity index (χ0v) is 9.65. The van der Waals surface area contributed by atoms with E-state index in [2.05, 4.69) is 24.5 Å². The highest BCUT2D eigenvalue weighted by Gasteiger charge is 2.41. The monoisotopic (exact) mass is 203 g/mol. The Labute approximate surface area is 87.0 Å². The van der Waals surface area contributed by atoms with Crippen LogP contribution in [0.25, 0.3) is 0 Å². The highest BCUT2D eigenvalue weighted by molar-refractivity contribution is 7.80. The molecule has 0 unspecified atom stereocenters. The van der Waals surface area contributed by atoms with Crippen molar-refractivity contribution in [1.29, 1.82) is 0 Å². The third-order valence-corrected chi connectivity index (χ3v) is 3.58. The van der Waals surface area contributed by atoms with Crippen LogP contribution in [0, 0.1) is 5.41 Å². The molecule has 78 valence electrons. The third kappa shape index (κ3) is 3.49. The van der Waals surface area contributed by atoms with E-state index < -0.39 is 0 Å². The Kier molecular flexibility index (Phi) is 4.56. The molecule has 3 heteroatoms. The molecule has 0 aromatic heterocycles. The molecule has 0 heterocycles. The molecule has 0 aliphatic heterocycles. The van der Waals surface area contributed by atoms with Crippen LogP contribution >= 0.6 is 12.6 Å². The summed E-state index contributed by atoms with van der Waals surface area (Å²) in [5.74, 6) is 1.04. The van der Waals surface area contributed by atoms with E-state index in [1.807, 2.05) is 0 Å². The maximum Gasteiger partial charge on any atom is 0.0589 e. The van der Waals surface area contributed by atoms with Crippen LogP contribution in [0.4, 0.5) is 0 Å². The van der Waals surface area contributed by atoms with Gasteiger partial charge in [0.15, 0.2) is 0 Å². The van der Waals surface area contributed by atoms with Gasteiger partial charge in [-0.05, 0) is 30.6 Å². The summed E-state index contributed by atoms with van der Waals surface area (Å²) in [6.45, 7) is 6.44. The van der Waals surface area contributed by atoms with Crippen LogP contribution in [-0.4, -0.2) is 44.0 Å². The Hall–Kier alpha value is 0.270. The van der Waals surface area contributed by atoms with E-state index in [0.717, 1.165) is 25.4 Å². The minimum Gasteiger partial charge on any atom is -0.383 e. The molecular formula is C10H21NOS. The van der Waals surface area contributed by atoms with Gasteiger partial charge < -0.3 is 9.64 Å². The van der Waals surface area contributed by atoms with Gasteiger partial charge in [-0.15, -0.1) is 0 Å². The smallest absolute Gasteiger partial charge is 0.0589 e. The average molecular weight is 203 g/mol. The standard InChI is InChI=1S/C10H21NOS/c1-3-11(6-7-12-2)8-10(9-13)4-5-10/h13H,3-9H2,1-2H3. The number of nitrogens with zero attached hydrogens (tertiary/aromatic N) is 1. The first-order valence-corrected chi connectivity index (χ1v) is 5.72. The molecule has 13 heavy (non-hydrogen) atoms. The van der Waals surface area contributed by atoms with Gasteiger partial charge in [-0.25, -0.2) is 0 Å². The number of methoxy groups -OCH3 is 1. The summed E-state index contributed by atoms with van der Waals surface area (Å²) < 4.78 is 5.08. The van der Waals surface area contributed by atoms with Gasteiger partial charge in [-0.1, -0.05) is 6.92 Å². The molecule has 0 N–H and O–H groups in total. The summed E-state index contributed by atoms with van der Waals surface area (Å²) in [5.41, 5.74) is 0.548. The predicted molar refractivity (Wildman–Crippen MR) is 59.5 cm³/mol. The Bertz CT molecular complexity index is 148. The largest absolute Gasteiger partial charge is 0.383 e. The summed E-state index contributed by atoms with van der Waals surface area (Å²) in [6, 6.07) is 0. The molecular weight excluding hydrogens is 182 g/mol. The second-order valence-electron chi connectivity index (χ2n) is 4.02. The number of thiol groups is 1. The van der Waals surface area contributed by atoms with Crippen molar-refractivity contribution in [2.24, 2.45) is 5.41 Å². The number of hydrogen-bond acceptors (Lipinski definition) is 3. The van der Waals surface area contributed by atoms with Gasteiger partial charge >= 0.3 is 0 Å². The highest BCUT2D eigenvalue weighted by Crippen LogP contribution is 2.46. The van der Waals surface area contributed by atoms with Crippen LogP contribution in [0.15, 0.2) is 0 Å². The fourth-order valence-electron chi connectivity index (χ4n) is 1.59. The second kappa shape index (κ2) is 5.23. The lowest BCUT2D eigenvalue weighted by Gasteiger charge is -2.24. The van der Waals surface area contributed by atoms with Crippen molar-refractivity contribution >= 4 is 12.6 Å². The second-order valence-corrected chi connectivity index (χ2v) is 4.34. The van der Waals surface area contributed by atoms with E-state index >= 15 is 0 Å². The minimum atomic E-state index is 0.548. The zero-order chi connectivity index (χ0) is 9.73. The van der Waals surface area contributed by atoms with Crippen molar-refractivity contribution in [1.82, 2.24) is 4.90 Å². The zero-order valence-electron chi connectivity index (χ0n) is 8.75. The Balaban J connectivity index is 2.22. The molecule has 0 atom stereocenters. The maximum atomic E-state index is 5.08. The molecule has 2 nitrogen and oxygen atoms in total. The van der Waals surface area contributed by atoms with Gasteiger partial charge in [-0.2, -0.15) is 12.6 Å². The minimum absolute atomic E-state index is 0.548. The van der Waals surface area contributed by atoms with Crippen molar-refractivity contribution in [3.8, 4) is 0 Å². The average Bonchev–Trinajstić information content (AvgIpc) is 2.93. The normalized spacial score (nSPS) is 19.4. The van der Waals surface area contributed by atoms with E-state index in [1.54, 1.807) is 7.11 Å². The lowest BCUT2D eigenvalue weighted by Crippen LogP contribution is -2.33. The van der Waals surface area contributed by atoms with E-state index in [-0.39, 0.29) is 0 Å². The van der Waals surface area contributed by atoms with Crippen LogP contribution in [-0.2, 0) is 4.74 Å². The van der Waals surface area contributed by atoms with Crippen LogP contribution in [0.2, 0.25) is 0 Å². The molecule has 0 aromatic rings. The molecule has 0 saturated heterocycles. The number of rotatable bonds is 7. The first-order chi connectivity index (χ1) is 6.26. The van der Waals surface area contributed by atoms with Crippen molar-refractivity contribution < 1.29 is 4.74 Å². The van der Waals surface area contributed by atoms with Crippen molar-refractivity contribution in [3.63, 3.8) is 0 Å². The van der Waals surface area contributed by atoms with Crippen LogP contribution < -0.4 is 0 Å². The third-order valence-electron chi connectivity index (χ3n) is 2.91. The molecule has 0 aromatic carbocycles. The van der Waals surface area contributed by atoms with E-state index in [1.165, 1.54) is 19.4 Å². The Morgan fingerprint density at radius 2 is 2.15 bits per heavy atom. The van der Waals surface area contributed by atoms with E-state index in [9.17, 15) is 0 Å². The van der Waals surface area contributed by atoms with Gasteiger partial charge in [0.1, 0.15) is 0 Å². The predicted octanol–water partition coefficient (Wildman–Crippen LogP) is 1.66. The van der Waals surface area contributed by atoms with Crippen molar-refractivity contribution in [2.75, 3.05) is 39.1 Å². The molecule has 0 amide bonds. The summed E-state index contributed by atoms with van der Waals surface area (Å²) >= 11 is 4.41. The Morgan fingerprint density at radius 1 is 1.46 bits per heavy atom. The summed E-state index contributed by atoms with van der Waals surface area (Å²) in [6.07, 6.45) is 2.72. The fraction of sp³-hybridized carbons (Fsp3) is 1.00. The molecule has 1 rings (SSSR count). The van der Waals surface area contributed by atoms with Gasteiger partial charge in [0.25, 0.3) is 0 Å². The Morgan fingerprint density at radius 3 is 2.54 bits per heavy atom. The maximum absolute atomic E-state index is 5.08. The SMILES string of the molecule is CCN(CCOC)CC1(CS)CC1. The first-order valence-electron chi connectivity index (χ1n) is 5.08. The molecule has 1 aliphatic carbocycles. The first kappa shape index (κ1) is 11.3. The van der Waals surface area contributed by atoms with Gasteiger partial charge in [0.2, 0.25) is 0 Å². The van der Waals surface area contributed by atoms with Crippen LogP contribution in [0.3, 0.4) is 0 Å². The topological polar surface area (TPSA) is 12.5 Å². The van der Waals surface area contributed by atoms with E-state index in [4.69, 9.17) is 4.74 Å². The van der Waals surface area contributed by atoms with Gasteiger partial charge in [0, 0.05) is 20.2 Å². The van der Waals surface area contributed by atoms with Crippen molar-refractivity contribution in [2.45, 2.75) is 19.8 Å². The fourth-order valence-corrected chi connectivity index (χ4v) is 2.00. The lowest BCUT2D eigenvalue weighted by molar-refractivity contribution is 0.139. The van der Waals surface area contributed by atoms with Crippen molar-refractivity contribution in [3.05, 3.63) is 0 Å². The summed E-state index contributed by atoms with van der Waals surface area (Å²) in [5, 5.41) is 0. The molecule has 1 saturated carbocycles. The molecule has 1 fully saturated rings. The number of hydrogen-bond donors (Lipinski definition) is 1. The number of ether oxygens (including phenoxy) is 1. The number of likely N-dealkylation sites (N-methyl/N-ethyl adjacent to an activating group) is 1. The molecule has 0 spiro atoms. The van der Waals surface area contributed by atoms with E-state index in [0.29, 0.717) is 5.41 Å². The molecule has 0 radical (unpaired) electrons. The summed E-state index contributed by atoms with van der Waals surface area (Å²) in [4.78, 5) is 2.46. The summed E-state index contributed by atoms with van der Waals surface area (Å²) in [7, 11) is 1.76. The lowest BCUT2D eigenvalue weighted by atomic mass is 10.1. The van der Waals surface area contributed by atoms with Gasteiger partial charge in [0.05, 0.1) is 6.61 Å². The highest BCUT2D eigenvalue weighted by atomic mass is 32.1. The molecule has 1 aliphatic rings. The quantitative estimate of drug-likeness (QED) is 0.632. The van der Waals surface area contributed by atoms with Crippen LogP contribution in [0.1, 0.15) is 19.8 Å². The molecule has 0 bridgehead atoms. The van der Waals surface area contributed by atoms with Gasteiger partial charge in [-0.3, -0.25) is 0 Å².